The normalized spacial score (nSPS) is 15.9. The van der Waals surface area contributed by atoms with Gasteiger partial charge in [-0.15, -0.1) is 0 Å². The van der Waals surface area contributed by atoms with Crippen LogP contribution in [0, 0.1) is 0 Å². The molecule has 0 saturated carbocycles. The zero-order valence-corrected chi connectivity index (χ0v) is 36.9. The predicted octanol–water partition coefficient (Wildman–Crippen LogP) is 9.01. The van der Waals surface area contributed by atoms with Crippen molar-refractivity contribution in [1.29, 1.82) is 0 Å². The number of anilines is 1. The number of hydrazine groups is 1. The molecule has 1 heterocycles. The molecule has 0 bridgehead atoms. The summed E-state index contributed by atoms with van der Waals surface area (Å²) in [5.74, 6) is -1.23. The van der Waals surface area contributed by atoms with Crippen LogP contribution in [0.2, 0.25) is 0 Å². The number of hydrogen-bond acceptors (Lipinski definition) is 11. The molecule has 5 N–H and O–H groups in total. The van der Waals surface area contributed by atoms with Crippen molar-refractivity contribution < 1.29 is 47.0 Å². The van der Waals surface area contributed by atoms with Crippen molar-refractivity contribution in [1.82, 2.24) is 10.7 Å². The van der Waals surface area contributed by atoms with Crippen LogP contribution >= 0.6 is 0 Å². The highest BCUT2D eigenvalue weighted by atomic mass is 32.2. The summed E-state index contributed by atoms with van der Waals surface area (Å²) >= 11 is 0. The van der Waals surface area contributed by atoms with E-state index < -0.39 is 44.9 Å². The van der Waals surface area contributed by atoms with E-state index in [-0.39, 0.29) is 33.5 Å². The number of carbonyl (C=O) groups excluding carboxylic acids is 2. The highest BCUT2D eigenvalue weighted by Crippen LogP contribution is 2.40. The molecule has 332 valence electrons. The number of rotatable bonds is 18. The van der Waals surface area contributed by atoms with Gasteiger partial charge in [0.1, 0.15) is 23.0 Å². The predicted molar refractivity (Wildman–Crippen MR) is 239 cm³/mol. The summed E-state index contributed by atoms with van der Waals surface area (Å²) in [5.41, 5.74) is 5.47. The third-order valence-electron chi connectivity index (χ3n) is 11.7. The summed E-state index contributed by atoms with van der Waals surface area (Å²) in [6.45, 7) is 14.2. The topological polar surface area (TPSA) is 217 Å². The summed E-state index contributed by atoms with van der Waals surface area (Å²) in [6, 6.07) is 22.9. The number of fused-ring (bicyclic) bond motifs is 1. The highest BCUT2D eigenvalue weighted by Gasteiger charge is 2.46. The molecule has 0 radical (unpaired) electrons. The Balaban J connectivity index is 1.09. The van der Waals surface area contributed by atoms with Crippen molar-refractivity contribution >= 4 is 50.0 Å². The largest absolute Gasteiger partial charge is 0.506 e. The van der Waals surface area contributed by atoms with E-state index in [9.17, 15) is 37.6 Å². The van der Waals surface area contributed by atoms with E-state index in [4.69, 9.17) is 9.47 Å². The van der Waals surface area contributed by atoms with Gasteiger partial charge in [-0.3, -0.25) is 18.9 Å². The lowest BCUT2D eigenvalue weighted by atomic mass is 9.76. The van der Waals surface area contributed by atoms with E-state index in [2.05, 4.69) is 80.7 Å². The average molecular weight is 880 g/mol. The molecule has 63 heavy (non-hydrogen) atoms. The Morgan fingerprint density at radius 3 is 2.16 bits per heavy atom. The first-order valence-corrected chi connectivity index (χ1v) is 22.2. The molecule has 0 aromatic heterocycles. The summed E-state index contributed by atoms with van der Waals surface area (Å²) in [5, 5.41) is 33.9. The van der Waals surface area contributed by atoms with Crippen LogP contribution in [0.5, 0.6) is 23.0 Å². The number of amides is 2. The molecule has 0 spiro atoms. The zero-order chi connectivity index (χ0) is 45.7. The second-order valence-electron chi connectivity index (χ2n) is 16.7. The number of nitrogens with zero attached hydrogens (tertiary/aromatic N) is 3. The van der Waals surface area contributed by atoms with Gasteiger partial charge in [-0.2, -0.15) is 18.6 Å². The number of carboxylic acid groups (broad SMARTS) is 1. The van der Waals surface area contributed by atoms with E-state index in [1.165, 1.54) is 29.3 Å². The minimum atomic E-state index is -4.48. The fraction of sp³-hybridized carbons (Fsp3) is 0.340. The van der Waals surface area contributed by atoms with Gasteiger partial charge in [0.2, 0.25) is 0 Å². The number of phenolic OH excluding ortho intramolecular Hbond substituents is 1. The van der Waals surface area contributed by atoms with E-state index >= 15 is 0 Å². The summed E-state index contributed by atoms with van der Waals surface area (Å²) in [6.07, 6.45) is 3.34. The monoisotopic (exact) mass is 879 g/mol. The van der Waals surface area contributed by atoms with Crippen molar-refractivity contribution in [2.45, 2.75) is 95.0 Å². The lowest BCUT2D eigenvalue weighted by molar-refractivity contribution is -0.140. The zero-order valence-electron chi connectivity index (χ0n) is 36.1. The second-order valence-corrected chi connectivity index (χ2v) is 18.1. The van der Waals surface area contributed by atoms with E-state index in [1.54, 1.807) is 48.5 Å². The molecular formula is C47H53N5O10S. The van der Waals surface area contributed by atoms with Crippen molar-refractivity contribution in [2.24, 2.45) is 10.2 Å². The smallest absolute Gasteiger partial charge is 0.325 e. The van der Waals surface area contributed by atoms with Crippen LogP contribution in [-0.4, -0.2) is 66.2 Å². The molecule has 5 aromatic carbocycles. The Morgan fingerprint density at radius 2 is 1.52 bits per heavy atom. The number of carboxylic acids is 1. The van der Waals surface area contributed by atoms with Gasteiger partial charge < -0.3 is 25.0 Å². The minimum absolute atomic E-state index is 0.0399. The van der Waals surface area contributed by atoms with Gasteiger partial charge in [0.15, 0.2) is 12.1 Å². The number of nitrogens with one attached hydrogen (secondary N) is 2. The quantitative estimate of drug-likeness (QED) is 0.0318. The molecule has 1 aliphatic heterocycles. The van der Waals surface area contributed by atoms with Gasteiger partial charge in [-0.25, -0.2) is 10.4 Å². The fourth-order valence-corrected chi connectivity index (χ4v) is 7.43. The molecule has 2 amide bonds. The summed E-state index contributed by atoms with van der Waals surface area (Å²) < 4.78 is 44.6. The van der Waals surface area contributed by atoms with Crippen LogP contribution in [0.25, 0.3) is 10.8 Å². The van der Waals surface area contributed by atoms with E-state index in [0.717, 1.165) is 35.7 Å². The summed E-state index contributed by atoms with van der Waals surface area (Å²) in [7, 11) is -4.48. The van der Waals surface area contributed by atoms with Crippen LogP contribution in [-0.2, 0) is 30.5 Å². The Hall–Kier alpha value is -6.36. The van der Waals surface area contributed by atoms with Crippen LogP contribution < -0.4 is 25.2 Å². The number of aliphatic carboxylic acids is 1. The standard InChI is InChI=1S/C47H53N5O10S/c1-7-46(3,4)29-15-24-38(37(27-29)47(5,6)8-2)61-26-12-11-25-48-43(54)36-28-39(34-13-9-10-14-35(34)42(36)53)62-32-20-16-30(17-21-32)49-50-40-41(45(56)57)51-52(44(40)55)31-18-22-33(23-19-31)63(58,59)60/h9-10,13-24,27-28,40-41,51,53H,7-8,11-12,25-26H2,1-6H3,(H,48,54)(H,56,57)(H,58,59,60). The minimum Gasteiger partial charge on any atom is -0.506 e. The second kappa shape index (κ2) is 18.9. The van der Waals surface area contributed by atoms with Gasteiger partial charge in [0.05, 0.1) is 28.4 Å². The number of ether oxygens (including phenoxy) is 2. The van der Waals surface area contributed by atoms with Gasteiger partial charge in [-0.1, -0.05) is 77.9 Å². The van der Waals surface area contributed by atoms with Crippen molar-refractivity contribution in [3.8, 4) is 23.0 Å². The molecule has 0 aliphatic carbocycles. The molecule has 1 saturated heterocycles. The van der Waals surface area contributed by atoms with Gasteiger partial charge in [-0.05, 0) is 103 Å². The molecule has 6 rings (SSSR count). The molecule has 5 aromatic rings. The van der Waals surface area contributed by atoms with Gasteiger partial charge in [0.25, 0.3) is 21.9 Å². The van der Waals surface area contributed by atoms with Crippen molar-refractivity contribution in [3.05, 3.63) is 114 Å². The number of benzene rings is 5. The first-order chi connectivity index (χ1) is 29.8. The third kappa shape index (κ3) is 10.5. The first kappa shape index (κ1) is 46.2. The lowest BCUT2D eigenvalue weighted by Crippen LogP contribution is -2.42. The van der Waals surface area contributed by atoms with Gasteiger partial charge in [0, 0.05) is 22.9 Å². The maximum atomic E-state index is 13.5. The number of phenols is 1. The number of unbranched alkanes of at least 4 members (excludes halogenated alkanes) is 1. The van der Waals surface area contributed by atoms with Crippen LogP contribution in [0.4, 0.5) is 11.4 Å². The number of carbonyl (C=O) groups is 3. The molecule has 15 nitrogen and oxygen atoms in total. The Bertz CT molecular complexity index is 2630. The SMILES string of the molecule is CCC(C)(C)c1ccc(OCCCCNC(=O)c2cc(Oc3ccc(N=NC4C(=O)N(c5ccc(S(=O)(=O)O)cc5)NC4C(=O)O)cc3)c3ccccc3c2O)c(C(C)(C)CC)c1. The molecule has 16 heteroatoms. The maximum Gasteiger partial charge on any atom is 0.325 e. The Morgan fingerprint density at radius 1 is 0.857 bits per heavy atom. The number of azo groups is 1. The molecule has 1 fully saturated rings. The molecule has 2 atom stereocenters. The number of aromatic hydroxyl groups is 1. The maximum absolute atomic E-state index is 13.5. The van der Waals surface area contributed by atoms with Crippen molar-refractivity contribution in [3.63, 3.8) is 0 Å². The van der Waals surface area contributed by atoms with Crippen molar-refractivity contribution in [2.75, 3.05) is 18.2 Å². The van der Waals surface area contributed by atoms with Crippen LogP contribution in [0.3, 0.4) is 0 Å². The van der Waals surface area contributed by atoms with Gasteiger partial charge >= 0.3 is 5.97 Å². The fourth-order valence-electron chi connectivity index (χ4n) is 6.95. The summed E-state index contributed by atoms with van der Waals surface area (Å²) in [4.78, 5) is 38.3. The molecule has 2 unspecified atom stereocenters. The van der Waals surface area contributed by atoms with Crippen LogP contribution in [0.1, 0.15) is 88.7 Å². The Kier molecular flexibility index (Phi) is 13.9. The third-order valence-corrected chi connectivity index (χ3v) is 12.5. The molecule has 1 aliphatic rings. The average Bonchev–Trinajstić information content (AvgIpc) is 3.60. The van der Waals surface area contributed by atoms with Crippen LogP contribution in [0.15, 0.2) is 112 Å². The molecular weight excluding hydrogens is 827 g/mol. The van der Waals surface area contributed by atoms with E-state index in [0.29, 0.717) is 48.3 Å². The first-order valence-electron chi connectivity index (χ1n) is 20.7. The van der Waals surface area contributed by atoms with E-state index in [1.807, 2.05) is 0 Å². The highest BCUT2D eigenvalue weighted by molar-refractivity contribution is 7.85. The Labute approximate surface area is 366 Å². The number of hydrogen-bond donors (Lipinski definition) is 5. The lowest BCUT2D eigenvalue weighted by Gasteiger charge is -2.30.